The summed E-state index contributed by atoms with van der Waals surface area (Å²) in [4.78, 5) is 17.3. The second-order valence-corrected chi connectivity index (χ2v) is 11.8. The third kappa shape index (κ3) is 4.36. The van der Waals surface area contributed by atoms with Crippen molar-refractivity contribution < 1.29 is 13.2 Å². The SMILES string of the molecule is CN(C)C1CCc2cc(N3CC[C@H](NS(=O)(=O)c4ccc5cc(CI)ccc5c4)C3=O)ccc21. The first-order chi connectivity index (χ1) is 16.3. The number of amides is 1. The van der Waals surface area contributed by atoms with E-state index >= 15 is 0 Å². The Morgan fingerprint density at radius 2 is 1.79 bits per heavy atom. The highest BCUT2D eigenvalue weighted by Crippen LogP contribution is 2.37. The molecule has 0 saturated carbocycles. The van der Waals surface area contributed by atoms with Crippen LogP contribution in [-0.2, 0) is 25.7 Å². The third-order valence-electron chi connectivity index (χ3n) is 6.95. The Labute approximate surface area is 214 Å². The van der Waals surface area contributed by atoms with Gasteiger partial charge in [-0.2, -0.15) is 4.72 Å². The molecule has 0 bridgehead atoms. The van der Waals surface area contributed by atoms with Gasteiger partial charge in [-0.3, -0.25) is 4.79 Å². The summed E-state index contributed by atoms with van der Waals surface area (Å²) < 4.78 is 29.8. The van der Waals surface area contributed by atoms with Crippen molar-refractivity contribution in [1.82, 2.24) is 9.62 Å². The Bertz CT molecular complexity index is 1370. The first-order valence-corrected chi connectivity index (χ1v) is 14.5. The second kappa shape index (κ2) is 9.22. The highest BCUT2D eigenvalue weighted by atomic mass is 127. The van der Waals surface area contributed by atoms with E-state index < -0.39 is 16.1 Å². The average Bonchev–Trinajstić information content (AvgIpc) is 3.41. The quantitative estimate of drug-likeness (QED) is 0.342. The molecule has 2 atom stereocenters. The van der Waals surface area contributed by atoms with Crippen LogP contribution in [-0.4, -0.2) is 45.9 Å². The van der Waals surface area contributed by atoms with E-state index in [2.05, 4.69) is 64.5 Å². The van der Waals surface area contributed by atoms with E-state index in [1.807, 2.05) is 24.3 Å². The molecule has 3 aromatic rings. The first kappa shape index (κ1) is 23.7. The summed E-state index contributed by atoms with van der Waals surface area (Å²) >= 11 is 2.31. The maximum atomic E-state index is 13.2. The summed E-state index contributed by atoms with van der Waals surface area (Å²) in [5, 5.41) is 1.87. The van der Waals surface area contributed by atoms with Gasteiger partial charge in [-0.1, -0.05) is 52.9 Å². The number of hydrogen-bond acceptors (Lipinski definition) is 4. The molecule has 34 heavy (non-hydrogen) atoms. The van der Waals surface area contributed by atoms with Gasteiger partial charge in [-0.25, -0.2) is 8.42 Å². The predicted octanol–water partition coefficient (Wildman–Crippen LogP) is 4.41. The monoisotopic (exact) mass is 589 g/mol. The van der Waals surface area contributed by atoms with Crippen molar-refractivity contribution in [2.45, 2.75) is 40.7 Å². The van der Waals surface area contributed by atoms with E-state index in [1.165, 1.54) is 16.7 Å². The zero-order valence-electron chi connectivity index (χ0n) is 19.3. The zero-order chi connectivity index (χ0) is 24.0. The average molecular weight is 589 g/mol. The number of anilines is 1. The van der Waals surface area contributed by atoms with Crippen LogP contribution in [0.4, 0.5) is 5.69 Å². The molecule has 0 aromatic heterocycles. The number of nitrogens with one attached hydrogen (secondary N) is 1. The van der Waals surface area contributed by atoms with Crippen molar-refractivity contribution in [2.24, 2.45) is 0 Å². The van der Waals surface area contributed by atoms with Crippen molar-refractivity contribution in [3.05, 3.63) is 71.3 Å². The lowest BCUT2D eigenvalue weighted by Crippen LogP contribution is -2.41. The molecule has 1 unspecified atom stereocenters. The highest BCUT2D eigenvalue weighted by molar-refractivity contribution is 14.1. The molecule has 8 heteroatoms. The number of benzene rings is 3. The van der Waals surface area contributed by atoms with Crippen LogP contribution in [0.15, 0.2) is 59.5 Å². The molecule has 2 aliphatic rings. The number of rotatable bonds is 6. The molecule has 0 radical (unpaired) electrons. The molecule has 178 valence electrons. The predicted molar refractivity (Wildman–Crippen MR) is 144 cm³/mol. The van der Waals surface area contributed by atoms with Crippen LogP contribution in [0.25, 0.3) is 10.8 Å². The highest BCUT2D eigenvalue weighted by Gasteiger charge is 2.36. The fraction of sp³-hybridized carbons (Fsp3) is 0.346. The van der Waals surface area contributed by atoms with E-state index in [0.717, 1.165) is 33.7 Å². The summed E-state index contributed by atoms with van der Waals surface area (Å²) in [6, 6.07) is 17.0. The lowest BCUT2D eigenvalue weighted by Gasteiger charge is -2.22. The van der Waals surface area contributed by atoms with Gasteiger partial charge in [-0.05, 0) is 85.1 Å². The smallest absolute Gasteiger partial charge is 0.245 e. The standard InChI is InChI=1S/C26H28IN3O3S/c1-29(2)25-10-6-20-14-21(7-9-23(20)25)30-12-11-24(26(30)31)28-34(32,33)22-8-5-18-13-17(16-27)3-4-19(18)15-22/h3-5,7-9,13-15,24-25,28H,6,10-12,16H2,1-2H3/t24-,25?/m0/s1. The van der Waals surface area contributed by atoms with Gasteiger partial charge < -0.3 is 9.80 Å². The van der Waals surface area contributed by atoms with Crippen LogP contribution >= 0.6 is 22.6 Å². The Balaban J connectivity index is 1.33. The molecule has 5 rings (SSSR count). The van der Waals surface area contributed by atoms with Gasteiger partial charge in [0, 0.05) is 22.7 Å². The summed E-state index contributed by atoms with van der Waals surface area (Å²) in [5.41, 5.74) is 4.64. The molecule has 1 heterocycles. The Hall–Kier alpha value is -2.01. The van der Waals surface area contributed by atoms with Gasteiger partial charge in [0.2, 0.25) is 15.9 Å². The zero-order valence-corrected chi connectivity index (χ0v) is 22.3. The molecule has 1 N–H and O–H groups in total. The van der Waals surface area contributed by atoms with E-state index in [9.17, 15) is 13.2 Å². The maximum absolute atomic E-state index is 13.2. The molecule has 1 saturated heterocycles. The van der Waals surface area contributed by atoms with Crippen molar-refractivity contribution in [1.29, 1.82) is 0 Å². The molecule has 1 amide bonds. The summed E-state index contributed by atoms with van der Waals surface area (Å²) in [7, 11) is 0.358. The number of aryl methyl sites for hydroxylation is 1. The van der Waals surface area contributed by atoms with Gasteiger partial charge in [0.25, 0.3) is 0 Å². The second-order valence-electron chi connectivity index (χ2n) is 9.33. The number of hydrogen-bond donors (Lipinski definition) is 1. The molecule has 1 fully saturated rings. The van der Waals surface area contributed by atoms with Crippen LogP contribution in [0.1, 0.15) is 35.6 Å². The van der Waals surface area contributed by atoms with Gasteiger partial charge in [0.1, 0.15) is 6.04 Å². The molecular formula is C26H28IN3O3S. The van der Waals surface area contributed by atoms with Crippen molar-refractivity contribution in [3.63, 3.8) is 0 Å². The van der Waals surface area contributed by atoms with Crippen molar-refractivity contribution in [3.8, 4) is 0 Å². The minimum Gasteiger partial charge on any atom is -0.311 e. The normalized spacial score (nSPS) is 20.5. The summed E-state index contributed by atoms with van der Waals surface area (Å²) in [5.74, 6) is -0.196. The topological polar surface area (TPSA) is 69.7 Å². The summed E-state index contributed by atoms with van der Waals surface area (Å²) in [6.07, 6.45) is 2.51. The third-order valence-corrected chi connectivity index (χ3v) is 9.30. The molecule has 0 spiro atoms. The van der Waals surface area contributed by atoms with E-state index in [-0.39, 0.29) is 10.8 Å². The molecule has 1 aliphatic heterocycles. The molecular weight excluding hydrogens is 561 g/mol. The Morgan fingerprint density at radius 1 is 1.03 bits per heavy atom. The van der Waals surface area contributed by atoms with Crippen LogP contribution in [0.5, 0.6) is 0 Å². The first-order valence-electron chi connectivity index (χ1n) is 11.5. The van der Waals surface area contributed by atoms with Crippen LogP contribution < -0.4 is 9.62 Å². The summed E-state index contributed by atoms with van der Waals surface area (Å²) in [6.45, 7) is 0.499. The van der Waals surface area contributed by atoms with Crippen LogP contribution in [0.2, 0.25) is 0 Å². The van der Waals surface area contributed by atoms with Gasteiger partial charge >= 0.3 is 0 Å². The van der Waals surface area contributed by atoms with E-state index in [1.54, 1.807) is 17.0 Å². The van der Waals surface area contributed by atoms with Gasteiger partial charge in [0.05, 0.1) is 4.90 Å². The van der Waals surface area contributed by atoms with Crippen LogP contribution in [0, 0.1) is 0 Å². The molecule has 3 aromatic carbocycles. The molecule has 6 nitrogen and oxygen atoms in total. The van der Waals surface area contributed by atoms with E-state index in [0.29, 0.717) is 19.0 Å². The number of alkyl halides is 1. The van der Waals surface area contributed by atoms with Gasteiger partial charge in [-0.15, -0.1) is 0 Å². The number of fused-ring (bicyclic) bond motifs is 2. The Morgan fingerprint density at radius 3 is 2.56 bits per heavy atom. The minimum absolute atomic E-state index is 0.181. The van der Waals surface area contributed by atoms with Gasteiger partial charge in [0.15, 0.2) is 0 Å². The largest absolute Gasteiger partial charge is 0.311 e. The fourth-order valence-electron chi connectivity index (χ4n) is 5.11. The number of nitrogens with zero attached hydrogens (tertiary/aromatic N) is 2. The molecule has 1 aliphatic carbocycles. The van der Waals surface area contributed by atoms with Crippen molar-refractivity contribution in [2.75, 3.05) is 25.5 Å². The number of halogens is 1. The van der Waals surface area contributed by atoms with Crippen molar-refractivity contribution >= 4 is 55.0 Å². The lowest BCUT2D eigenvalue weighted by molar-refractivity contribution is -0.118. The number of carbonyl (C=O) groups excluding carboxylic acids is 1. The fourth-order valence-corrected chi connectivity index (χ4v) is 6.84. The van der Waals surface area contributed by atoms with Crippen LogP contribution in [0.3, 0.4) is 0 Å². The number of carbonyl (C=O) groups is 1. The number of sulfonamides is 1. The minimum atomic E-state index is -3.82. The maximum Gasteiger partial charge on any atom is 0.245 e. The lowest BCUT2D eigenvalue weighted by atomic mass is 10.1. The Kier molecular flexibility index (Phi) is 6.43. The van der Waals surface area contributed by atoms with E-state index in [4.69, 9.17) is 0 Å².